The fraction of sp³-hybridized carbons (Fsp3) is 0.222. The summed E-state index contributed by atoms with van der Waals surface area (Å²) in [5.41, 5.74) is 6.28. The van der Waals surface area contributed by atoms with Gasteiger partial charge in [0.1, 0.15) is 5.75 Å². The van der Waals surface area contributed by atoms with Crippen molar-refractivity contribution < 1.29 is 15.0 Å². The van der Waals surface area contributed by atoms with E-state index in [1.165, 1.54) is 0 Å². The Morgan fingerprint density at radius 2 is 1.94 bits per heavy atom. The number of phenols is 1. The molecule has 1 aromatic carbocycles. The Kier molecular flexibility index (Phi) is 4.78. The standard InChI is InChI=1S/C9H8Br3NO3/c10-3-1-4(11)9(16)8(12)7(3)5(13)2-6(14)15/h1,5,16H,2,13H2,(H,14,15). The normalized spacial score (nSPS) is 12.5. The van der Waals surface area contributed by atoms with Gasteiger partial charge in [-0.15, -0.1) is 0 Å². The molecular formula is C9H8Br3NO3. The number of aromatic hydroxyl groups is 1. The number of rotatable bonds is 3. The van der Waals surface area contributed by atoms with Crippen LogP contribution in [0.5, 0.6) is 5.75 Å². The Labute approximate surface area is 117 Å². The molecule has 7 heteroatoms. The maximum absolute atomic E-state index is 10.6. The van der Waals surface area contributed by atoms with Crippen LogP contribution in [0, 0.1) is 0 Å². The molecule has 1 aromatic rings. The molecule has 0 aliphatic carbocycles. The molecule has 88 valence electrons. The highest BCUT2D eigenvalue weighted by atomic mass is 79.9. The molecule has 0 bridgehead atoms. The Bertz CT molecular complexity index is 436. The molecule has 1 unspecified atom stereocenters. The summed E-state index contributed by atoms with van der Waals surface area (Å²) in [6.07, 6.45) is -0.210. The van der Waals surface area contributed by atoms with Crippen LogP contribution >= 0.6 is 47.8 Å². The van der Waals surface area contributed by atoms with Crippen LogP contribution in [0.4, 0.5) is 0 Å². The van der Waals surface area contributed by atoms with E-state index in [1.54, 1.807) is 6.07 Å². The van der Waals surface area contributed by atoms with Crippen LogP contribution in [0.15, 0.2) is 19.5 Å². The van der Waals surface area contributed by atoms with Crippen molar-refractivity contribution in [3.8, 4) is 5.75 Å². The van der Waals surface area contributed by atoms with E-state index in [9.17, 15) is 9.90 Å². The van der Waals surface area contributed by atoms with E-state index in [0.29, 0.717) is 19.0 Å². The largest absolute Gasteiger partial charge is 0.506 e. The molecule has 16 heavy (non-hydrogen) atoms. The molecule has 0 fully saturated rings. The maximum Gasteiger partial charge on any atom is 0.305 e. The van der Waals surface area contributed by atoms with Gasteiger partial charge in [-0.2, -0.15) is 0 Å². The quantitative estimate of drug-likeness (QED) is 0.705. The summed E-state index contributed by atoms with van der Waals surface area (Å²) in [6.45, 7) is 0. The number of carboxylic acid groups (broad SMARTS) is 1. The molecule has 0 saturated heterocycles. The van der Waals surface area contributed by atoms with Crippen molar-refractivity contribution in [2.45, 2.75) is 12.5 Å². The molecule has 1 rings (SSSR count). The first-order valence-corrected chi connectivity index (χ1v) is 6.56. The third kappa shape index (κ3) is 2.97. The Hall–Kier alpha value is -0.110. The van der Waals surface area contributed by atoms with E-state index >= 15 is 0 Å². The smallest absolute Gasteiger partial charge is 0.305 e. The number of carboxylic acids is 1. The van der Waals surface area contributed by atoms with Crippen LogP contribution in [0.25, 0.3) is 0 Å². The molecule has 0 amide bonds. The summed E-state index contributed by atoms with van der Waals surface area (Å²) >= 11 is 9.63. The van der Waals surface area contributed by atoms with E-state index in [1.807, 2.05) is 0 Å². The van der Waals surface area contributed by atoms with Crippen LogP contribution in [0.2, 0.25) is 0 Å². The van der Waals surface area contributed by atoms with Crippen LogP contribution in [-0.2, 0) is 4.79 Å². The molecule has 4 N–H and O–H groups in total. The molecule has 0 radical (unpaired) electrons. The van der Waals surface area contributed by atoms with Gasteiger partial charge in [0.05, 0.1) is 15.4 Å². The van der Waals surface area contributed by atoms with Gasteiger partial charge in [-0.1, -0.05) is 15.9 Å². The van der Waals surface area contributed by atoms with E-state index in [2.05, 4.69) is 47.8 Å². The van der Waals surface area contributed by atoms with Crippen molar-refractivity contribution in [3.05, 3.63) is 25.0 Å². The summed E-state index contributed by atoms with van der Waals surface area (Å²) in [5.74, 6) is -0.993. The lowest BCUT2D eigenvalue weighted by Crippen LogP contribution is -2.16. The van der Waals surface area contributed by atoms with Gasteiger partial charge in [0.15, 0.2) is 0 Å². The number of hydrogen-bond donors (Lipinski definition) is 3. The average molecular weight is 418 g/mol. The lowest BCUT2D eigenvalue weighted by atomic mass is 10.0. The summed E-state index contributed by atoms with van der Waals surface area (Å²) in [6, 6.07) is 0.928. The number of carbonyl (C=O) groups is 1. The van der Waals surface area contributed by atoms with Crippen molar-refractivity contribution >= 4 is 53.8 Å². The number of halogens is 3. The van der Waals surface area contributed by atoms with Crippen molar-refractivity contribution in [2.24, 2.45) is 5.73 Å². The van der Waals surface area contributed by atoms with Crippen LogP contribution in [0.3, 0.4) is 0 Å². The molecule has 4 nitrogen and oxygen atoms in total. The third-order valence-corrected chi connectivity index (χ3v) is 4.01. The summed E-state index contributed by atoms with van der Waals surface area (Å²) < 4.78 is 1.53. The minimum absolute atomic E-state index is 0.000890. The fourth-order valence-corrected chi connectivity index (χ4v) is 3.93. The molecule has 0 aliphatic rings. The Morgan fingerprint density at radius 1 is 1.38 bits per heavy atom. The van der Waals surface area contributed by atoms with E-state index in [-0.39, 0.29) is 12.2 Å². The predicted molar refractivity (Wildman–Crippen MR) is 70.4 cm³/mol. The van der Waals surface area contributed by atoms with Crippen molar-refractivity contribution in [1.82, 2.24) is 0 Å². The summed E-state index contributed by atoms with van der Waals surface area (Å²) in [7, 11) is 0. The zero-order valence-corrected chi connectivity index (χ0v) is 12.6. The van der Waals surface area contributed by atoms with Crippen LogP contribution in [0.1, 0.15) is 18.0 Å². The van der Waals surface area contributed by atoms with Gasteiger partial charge >= 0.3 is 5.97 Å². The highest BCUT2D eigenvalue weighted by molar-refractivity contribution is 9.11. The molecule has 1 atom stereocenters. The molecule has 0 heterocycles. The number of aliphatic carboxylic acids is 1. The SMILES string of the molecule is NC(CC(=O)O)c1c(Br)cc(Br)c(O)c1Br. The first kappa shape index (κ1) is 14.0. The van der Waals surface area contributed by atoms with Gasteiger partial charge in [0, 0.05) is 16.1 Å². The second-order valence-electron chi connectivity index (χ2n) is 3.12. The minimum atomic E-state index is -0.992. The molecule has 0 spiro atoms. The molecule has 0 aliphatic heterocycles. The number of phenolic OH excluding ortho intramolecular Hbond substituents is 1. The van der Waals surface area contributed by atoms with Gasteiger partial charge in [0.2, 0.25) is 0 Å². The second kappa shape index (κ2) is 5.48. The fourth-order valence-electron chi connectivity index (χ4n) is 1.22. The third-order valence-electron chi connectivity index (χ3n) is 1.95. The van der Waals surface area contributed by atoms with Gasteiger partial charge < -0.3 is 15.9 Å². The van der Waals surface area contributed by atoms with E-state index in [4.69, 9.17) is 10.8 Å². The van der Waals surface area contributed by atoms with Crippen molar-refractivity contribution in [3.63, 3.8) is 0 Å². The van der Waals surface area contributed by atoms with Crippen molar-refractivity contribution in [1.29, 1.82) is 0 Å². The zero-order chi connectivity index (χ0) is 12.5. The first-order valence-electron chi connectivity index (χ1n) is 4.18. The van der Waals surface area contributed by atoms with Crippen LogP contribution < -0.4 is 5.73 Å². The van der Waals surface area contributed by atoms with Gasteiger partial charge in [-0.05, 0) is 37.9 Å². The Balaban J connectivity index is 3.23. The highest BCUT2D eigenvalue weighted by Crippen LogP contribution is 2.42. The topological polar surface area (TPSA) is 83.6 Å². The van der Waals surface area contributed by atoms with E-state index in [0.717, 1.165) is 0 Å². The highest BCUT2D eigenvalue weighted by Gasteiger charge is 2.20. The van der Waals surface area contributed by atoms with E-state index < -0.39 is 12.0 Å². The zero-order valence-electron chi connectivity index (χ0n) is 7.88. The average Bonchev–Trinajstić information content (AvgIpc) is 2.13. The van der Waals surface area contributed by atoms with Gasteiger partial charge in [-0.25, -0.2) is 0 Å². The lowest BCUT2D eigenvalue weighted by molar-refractivity contribution is -0.137. The lowest BCUT2D eigenvalue weighted by Gasteiger charge is -2.15. The molecule has 0 aromatic heterocycles. The number of benzene rings is 1. The number of hydrogen-bond acceptors (Lipinski definition) is 3. The summed E-state index contributed by atoms with van der Waals surface area (Å²) in [4.78, 5) is 10.6. The first-order chi connectivity index (χ1) is 7.34. The molecule has 0 saturated carbocycles. The Morgan fingerprint density at radius 3 is 2.44 bits per heavy atom. The van der Waals surface area contributed by atoms with Crippen molar-refractivity contribution in [2.75, 3.05) is 0 Å². The predicted octanol–water partition coefficient (Wildman–Crippen LogP) is 3.15. The maximum atomic E-state index is 10.6. The van der Waals surface area contributed by atoms with Gasteiger partial charge in [-0.3, -0.25) is 4.79 Å². The second-order valence-corrected chi connectivity index (χ2v) is 5.62. The number of nitrogens with two attached hydrogens (primary N) is 1. The minimum Gasteiger partial charge on any atom is -0.506 e. The molecular weight excluding hydrogens is 410 g/mol. The summed E-state index contributed by atoms with van der Waals surface area (Å²) in [5, 5.41) is 18.3. The monoisotopic (exact) mass is 415 g/mol. The van der Waals surface area contributed by atoms with Crippen LogP contribution in [-0.4, -0.2) is 16.2 Å². The van der Waals surface area contributed by atoms with Gasteiger partial charge in [0.25, 0.3) is 0 Å².